The van der Waals surface area contributed by atoms with Crippen molar-refractivity contribution in [3.63, 3.8) is 0 Å². The Morgan fingerprint density at radius 3 is 2.36 bits per heavy atom. The average Bonchev–Trinajstić information content (AvgIpc) is 2.41. The highest BCUT2D eigenvalue weighted by Gasteiger charge is 2.02. The van der Waals surface area contributed by atoms with Crippen molar-refractivity contribution in [2.24, 2.45) is 4.99 Å². The fourth-order valence-corrected chi connectivity index (χ4v) is 2.42. The predicted molar refractivity (Wildman–Crippen MR) is 104 cm³/mol. The summed E-state index contributed by atoms with van der Waals surface area (Å²) in [6.45, 7) is 6.01. The third-order valence-electron chi connectivity index (χ3n) is 2.87. The molecule has 0 spiro atoms. The van der Waals surface area contributed by atoms with Gasteiger partial charge in [0.05, 0.1) is 12.3 Å². The Balaban J connectivity index is 0.00000441. The van der Waals surface area contributed by atoms with Crippen LogP contribution >= 0.6 is 24.0 Å². The number of benzene rings is 1. The van der Waals surface area contributed by atoms with E-state index in [0.717, 1.165) is 12.1 Å². The van der Waals surface area contributed by atoms with E-state index in [1.165, 1.54) is 11.8 Å². The van der Waals surface area contributed by atoms with E-state index >= 15 is 0 Å². The Labute approximate surface area is 150 Å². The van der Waals surface area contributed by atoms with Crippen LogP contribution in [0.25, 0.3) is 0 Å². The van der Waals surface area contributed by atoms with E-state index in [-0.39, 0.29) is 29.7 Å². The summed E-state index contributed by atoms with van der Waals surface area (Å²) in [6.07, 6.45) is 1.83. The summed E-state index contributed by atoms with van der Waals surface area (Å²) >= 11 is 0. The molecular weight excluding hydrogens is 413 g/mol. The topological polar surface area (TPSA) is 70.6 Å². The van der Waals surface area contributed by atoms with Crippen LogP contribution in [0.3, 0.4) is 0 Å². The molecule has 0 unspecified atom stereocenters. The van der Waals surface area contributed by atoms with Crippen LogP contribution in [0, 0.1) is 6.92 Å². The fraction of sp³-hybridized carbons (Fsp3) is 0.533. The number of hydrogen-bond acceptors (Lipinski definition) is 3. The number of nitrogens with one attached hydrogen (secondary N) is 2. The lowest BCUT2D eigenvalue weighted by Crippen LogP contribution is -2.38. The maximum absolute atomic E-state index is 11.1. The molecule has 7 heteroatoms. The van der Waals surface area contributed by atoms with E-state index in [2.05, 4.69) is 46.8 Å². The van der Waals surface area contributed by atoms with Crippen LogP contribution in [0.1, 0.15) is 24.5 Å². The third-order valence-corrected chi connectivity index (χ3v) is 3.90. The monoisotopic (exact) mass is 439 g/mol. The van der Waals surface area contributed by atoms with Crippen LogP contribution in [0.2, 0.25) is 0 Å². The molecule has 0 aliphatic rings. The molecule has 5 nitrogen and oxygen atoms in total. The van der Waals surface area contributed by atoms with Crippen LogP contribution in [0.4, 0.5) is 0 Å². The van der Waals surface area contributed by atoms with Gasteiger partial charge in [-0.1, -0.05) is 29.8 Å². The molecule has 22 heavy (non-hydrogen) atoms. The molecular formula is C15H26IN3O2S. The van der Waals surface area contributed by atoms with Crippen LogP contribution in [0.5, 0.6) is 0 Å². The summed E-state index contributed by atoms with van der Waals surface area (Å²) in [5, 5.41) is 6.30. The largest absolute Gasteiger partial charge is 0.357 e. The molecule has 0 aromatic heterocycles. The standard InChI is InChI=1S/C15H25N3O2S.HI/c1-4-16-15(17-10-5-11-21(3,19)20)18-12-14-8-6-13(2)7-9-14;/h6-9H,4-5,10-12H2,1-3H3,(H2,16,17,18);1H. The smallest absolute Gasteiger partial charge is 0.191 e. The van der Waals surface area contributed by atoms with E-state index in [0.29, 0.717) is 25.5 Å². The van der Waals surface area contributed by atoms with Gasteiger partial charge in [0.15, 0.2) is 5.96 Å². The van der Waals surface area contributed by atoms with Crippen molar-refractivity contribution in [1.29, 1.82) is 0 Å². The lowest BCUT2D eigenvalue weighted by atomic mass is 10.1. The highest BCUT2D eigenvalue weighted by atomic mass is 127. The van der Waals surface area contributed by atoms with Crippen LogP contribution in [-0.2, 0) is 16.4 Å². The molecule has 0 heterocycles. The van der Waals surface area contributed by atoms with Gasteiger partial charge in [-0.05, 0) is 25.8 Å². The molecule has 2 N–H and O–H groups in total. The highest BCUT2D eigenvalue weighted by molar-refractivity contribution is 14.0. The van der Waals surface area contributed by atoms with E-state index in [9.17, 15) is 8.42 Å². The third kappa shape index (κ3) is 9.99. The number of nitrogens with zero attached hydrogens (tertiary/aromatic N) is 1. The molecule has 0 radical (unpaired) electrons. The van der Waals surface area contributed by atoms with Gasteiger partial charge in [-0.15, -0.1) is 24.0 Å². The second kappa shape index (κ2) is 10.8. The first-order chi connectivity index (χ1) is 9.90. The second-order valence-electron chi connectivity index (χ2n) is 5.09. The van der Waals surface area contributed by atoms with Crippen LogP contribution < -0.4 is 10.6 Å². The van der Waals surface area contributed by atoms with Crippen LogP contribution in [0.15, 0.2) is 29.3 Å². The summed E-state index contributed by atoms with van der Waals surface area (Å²) < 4.78 is 22.1. The molecule has 0 saturated carbocycles. The average molecular weight is 439 g/mol. The van der Waals surface area contributed by atoms with Crippen molar-refractivity contribution in [3.05, 3.63) is 35.4 Å². The van der Waals surface area contributed by atoms with Crippen molar-refractivity contribution in [2.75, 3.05) is 25.1 Å². The lowest BCUT2D eigenvalue weighted by Gasteiger charge is -2.11. The number of halogens is 1. The number of hydrogen-bond donors (Lipinski definition) is 2. The van der Waals surface area contributed by atoms with Gasteiger partial charge in [0, 0.05) is 19.3 Å². The van der Waals surface area contributed by atoms with Gasteiger partial charge in [-0.3, -0.25) is 0 Å². The quantitative estimate of drug-likeness (QED) is 0.296. The number of sulfone groups is 1. The van der Waals surface area contributed by atoms with Gasteiger partial charge in [0.25, 0.3) is 0 Å². The molecule has 1 rings (SSSR count). The van der Waals surface area contributed by atoms with Gasteiger partial charge < -0.3 is 10.6 Å². The molecule has 0 amide bonds. The van der Waals surface area contributed by atoms with Crippen molar-refractivity contribution < 1.29 is 8.42 Å². The van der Waals surface area contributed by atoms with Crippen molar-refractivity contribution in [2.45, 2.75) is 26.8 Å². The van der Waals surface area contributed by atoms with Gasteiger partial charge >= 0.3 is 0 Å². The predicted octanol–water partition coefficient (Wildman–Crippen LogP) is 2.10. The molecule has 1 aromatic carbocycles. The lowest BCUT2D eigenvalue weighted by molar-refractivity contribution is 0.598. The van der Waals surface area contributed by atoms with E-state index in [1.54, 1.807) is 0 Å². The SMILES string of the molecule is CCNC(=NCc1ccc(C)cc1)NCCCS(C)(=O)=O.I. The first-order valence-electron chi connectivity index (χ1n) is 7.16. The zero-order valence-corrected chi connectivity index (χ0v) is 16.6. The van der Waals surface area contributed by atoms with Gasteiger partial charge in [-0.2, -0.15) is 0 Å². The molecule has 0 saturated heterocycles. The molecule has 0 bridgehead atoms. The van der Waals surface area contributed by atoms with Crippen molar-refractivity contribution in [3.8, 4) is 0 Å². The normalized spacial score (nSPS) is 11.7. The minimum atomic E-state index is -2.89. The van der Waals surface area contributed by atoms with Gasteiger partial charge in [0.2, 0.25) is 0 Å². The first-order valence-corrected chi connectivity index (χ1v) is 9.22. The fourth-order valence-electron chi connectivity index (χ4n) is 1.75. The number of aryl methyl sites for hydroxylation is 1. The van der Waals surface area contributed by atoms with Crippen molar-refractivity contribution >= 4 is 39.8 Å². The first kappa shape index (κ1) is 21.2. The zero-order chi connectivity index (χ0) is 15.7. The van der Waals surface area contributed by atoms with E-state index in [1.807, 2.05) is 6.92 Å². The minimum Gasteiger partial charge on any atom is -0.357 e. The number of rotatable bonds is 7. The number of aliphatic imine (C=N–C) groups is 1. The van der Waals surface area contributed by atoms with Crippen molar-refractivity contribution in [1.82, 2.24) is 10.6 Å². The summed E-state index contributed by atoms with van der Waals surface area (Å²) in [6, 6.07) is 8.26. The molecule has 0 aliphatic carbocycles. The molecule has 1 aromatic rings. The van der Waals surface area contributed by atoms with E-state index < -0.39 is 9.84 Å². The van der Waals surface area contributed by atoms with Gasteiger partial charge in [0.1, 0.15) is 9.84 Å². The Kier molecular flexibility index (Phi) is 10.4. The zero-order valence-electron chi connectivity index (χ0n) is 13.4. The molecule has 126 valence electrons. The Morgan fingerprint density at radius 1 is 1.18 bits per heavy atom. The summed E-state index contributed by atoms with van der Waals surface area (Å²) in [5.41, 5.74) is 2.38. The highest BCUT2D eigenvalue weighted by Crippen LogP contribution is 2.04. The van der Waals surface area contributed by atoms with E-state index in [4.69, 9.17) is 0 Å². The molecule has 0 fully saturated rings. The number of guanidine groups is 1. The summed E-state index contributed by atoms with van der Waals surface area (Å²) in [5.74, 6) is 0.906. The van der Waals surface area contributed by atoms with Crippen LogP contribution in [-0.4, -0.2) is 39.5 Å². The minimum absolute atomic E-state index is 0. The Hall–Kier alpha value is -0.830. The summed E-state index contributed by atoms with van der Waals surface area (Å²) in [7, 11) is -2.89. The second-order valence-corrected chi connectivity index (χ2v) is 7.35. The Morgan fingerprint density at radius 2 is 1.82 bits per heavy atom. The molecule has 0 aliphatic heterocycles. The maximum Gasteiger partial charge on any atom is 0.191 e. The molecule has 0 atom stereocenters. The Bertz CT molecular complexity index is 557. The maximum atomic E-state index is 11.1. The van der Waals surface area contributed by atoms with Gasteiger partial charge in [-0.25, -0.2) is 13.4 Å². The summed E-state index contributed by atoms with van der Waals surface area (Å²) in [4.78, 5) is 4.49.